The summed E-state index contributed by atoms with van der Waals surface area (Å²) in [5.41, 5.74) is 2.26. The molecule has 0 heterocycles. The van der Waals surface area contributed by atoms with Gasteiger partial charge in [0.05, 0.1) is 25.9 Å². The van der Waals surface area contributed by atoms with E-state index in [1.54, 1.807) is 26.4 Å². The van der Waals surface area contributed by atoms with Gasteiger partial charge >= 0.3 is 0 Å². The summed E-state index contributed by atoms with van der Waals surface area (Å²) in [4.78, 5) is 0. The fourth-order valence-electron chi connectivity index (χ4n) is 1.81. The second-order valence-corrected chi connectivity index (χ2v) is 4.95. The van der Waals surface area contributed by atoms with Crippen molar-refractivity contribution in [2.75, 3.05) is 19.5 Å². The van der Waals surface area contributed by atoms with E-state index in [4.69, 9.17) is 14.7 Å². The molecule has 0 spiro atoms. The minimum Gasteiger partial charge on any atom is -0.493 e. The van der Waals surface area contributed by atoms with E-state index in [2.05, 4.69) is 27.3 Å². The van der Waals surface area contributed by atoms with Crippen LogP contribution in [0.5, 0.6) is 11.5 Å². The van der Waals surface area contributed by atoms with Gasteiger partial charge in [0.2, 0.25) is 0 Å². The molecule has 0 radical (unpaired) electrons. The molecule has 0 aromatic heterocycles. The summed E-state index contributed by atoms with van der Waals surface area (Å²) in [5, 5.41) is 12.2. The van der Waals surface area contributed by atoms with Gasteiger partial charge < -0.3 is 14.8 Å². The third kappa shape index (κ3) is 3.22. The van der Waals surface area contributed by atoms with Crippen LogP contribution >= 0.6 is 15.9 Å². The molecule has 4 nitrogen and oxygen atoms in total. The first kappa shape index (κ1) is 14.2. The Morgan fingerprint density at radius 3 is 2.40 bits per heavy atom. The molecule has 0 atom stereocenters. The van der Waals surface area contributed by atoms with Crippen molar-refractivity contribution >= 4 is 27.3 Å². The van der Waals surface area contributed by atoms with Crippen LogP contribution in [0.1, 0.15) is 5.56 Å². The molecule has 5 heteroatoms. The van der Waals surface area contributed by atoms with E-state index in [1.807, 2.05) is 24.3 Å². The number of hydrogen-bond donors (Lipinski definition) is 1. The predicted octanol–water partition coefficient (Wildman–Crippen LogP) is 4.08. The Kier molecular flexibility index (Phi) is 4.49. The molecule has 2 aromatic rings. The maximum absolute atomic E-state index is 8.97. The zero-order valence-electron chi connectivity index (χ0n) is 11.1. The first-order chi connectivity index (χ1) is 9.66. The van der Waals surface area contributed by atoms with E-state index in [9.17, 15) is 0 Å². The molecule has 0 bridgehead atoms. The lowest BCUT2D eigenvalue weighted by molar-refractivity contribution is 0.355. The van der Waals surface area contributed by atoms with E-state index >= 15 is 0 Å². The lowest BCUT2D eigenvalue weighted by atomic mass is 10.2. The number of nitrogens with one attached hydrogen (secondary N) is 1. The van der Waals surface area contributed by atoms with Gasteiger partial charge in [0.25, 0.3) is 0 Å². The van der Waals surface area contributed by atoms with Gasteiger partial charge in [0, 0.05) is 21.9 Å². The van der Waals surface area contributed by atoms with Crippen molar-refractivity contribution in [2.24, 2.45) is 0 Å². The summed E-state index contributed by atoms with van der Waals surface area (Å²) in [6.45, 7) is 0. The normalized spacial score (nSPS) is 9.70. The van der Waals surface area contributed by atoms with Crippen LogP contribution in [-0.4, -0.2) is 14.2 Å². The van der Waals surface area contributed by atoms with Gasteiger partial charge in [-0.15, -0.1) is 0 Å². The third-order valence-corrected chi connectivity index (χ3v) is 3.16. The van der Waals surface area contributed by atoms with Gasteiger partial charge in [0.1, 0.15) is 0 Å². The highest BCUT2D eigenvalue weighted by molar-refractivity contribution is 9.10. The number of rotatable bonds is 4. The molecular weight excluding hydrogens is 320 g/mol. The van der Waals surface area contributed by atoms with E-state index in [-0.39, 0.29) is 0 Å². The van der Waals surface area contributed by atoms with E-state index < -0.39 is 0 Å². The average Bonchev–Trinajstić information content (AvgIpc) is 2.46. The second-order valence-electron chi connectivity index (χ2n) is 4.04. The summed E-state index contributed by atoms with van der Waals surface area (Å²) in [6.07, 6.45) is 0. The molecule has 1 N–H and O–H groups in total. The smallest absolute Gasteiger partial charge is 0.162 e. The van der Waals surface area contributed by atoms with Crippen LogP contribution in [-0.2, 0) is 0 Å². The van der Waals surface area contributed by atoms with Gasteiger partial charge in [0.15, 0.2) is 11.5 Å². The van der Waals surface area contributed by atoms with Crippen LogP contribution in [0.15, 0.2) is 40.9 Å². The Bertz CT molecular complexity index is 665. The van der Waals surface area contributed by atoms with Crippen molar-refractivity contribution in [1.82, 2.24) is 0 Å². The molecule has 0 aliphatic carbocycles. The van der Waals surface area contributed by atoms with Gasteiger partial charge in [-0.2, -0.15) is 5.26 Å². The Morgan fingerprint density at radius 2 is 1.75 bits per heavy atom. The van der Waals surface area contributed by atoms with Crippen molar-refractivity contribution in [3.05, 3.63) is 46.4 Å². The average molecular weight is 333 g/mol. The Morgan fingerprint density at radius 1 is 1.00 bits per heavy atom. The van der Waals surface area contributed by atoms with Gasteiger partial charge in [-0.05, 0) is 30.3 Å². The van der Waals surface area contributed by atoms with E-state index in [0.717, 1.165) is 15.8 Å². The molecule has 0 fully saturated rings. The zero-order chi connectivity index (χ0) is 14.5. The highest BCUT2D eigenvalue weighted by atomic mass is 79.9. The molecule has 0 unspecified atom stereocenters. The van der Waals surface area contributed by atoms with E-state index in [0.29, 0.717) is 17.1 Å². The van der Waals surface area contributed by atoms with Crippen molar-refractivity contribution in [2.45, 2.75) is 0 Å². The fraction of sp³-hybridized carbons (Fsp3) is 0.133. The Hall–Kier alpha value is -2.19. The fourth-order valence-corrected chi connectivity index (χ4v) is 2.30. The number of nitrogens with zero attached hydrogens (tertiary/aromatic N) is 1. The van der Waals surface area contributed by atoms with Crippen molar-refractivity contribution in [3.63, 3.8) is 0 Å². The molecular formula is C15H13BrN2O2. The van der Waals surface area contributed by atoms with Crippen molar-refractivity contribution < 1.29 is 9.47 Å². The van der Waals surface area contributed by atoms with Crippen LogP contribution < -0.4 is 14.8 Å². The molecule has 20 heavy (non-hydrogen) atoms. The first-order valence-corrected chi connectivity index (χ1v) is 6.65. The standard InChI is InChI=1S/C15H13BrN2O2/c1-19-14-4-3-12(8-15(14)20-2)18-13-6-10(9-17)5-11(16)7-13/h3-8,18H,1-2H3. The lowest BCUT2D eigenvalue weighted by Gasteiger charge is -2.11. The maximum Gasteiger partial charge on any atom is 0.162 e. The SMILES string of the molecule is COc1ccc(Nc2cc(Br)cc(C#N)c2)cc1OC. The monoisotopic (exact) mass is 332 g/mol. The molecule has 0 saturated carbocycles. The highest BCUT2D eigenvalue weighted by Gasteiger charge is 2.05. The lowest BCUT2D eigenvalue weighted by Crippen LogP contribution is -1.94. The molecule has 0 aliphatic heterocycles. The summed E-state index contributed by atoms with van der Waals surface area (Å²) in [6, 6.07) is 13.1. The molecule has 102 valence electrons. The molecule has 2 aromatic carbocycles. The van der Waals surface area contributed by atoms with Crippen LogP contribution in [0.25, 0.3) is 0 Å². The topological polar surface area (TPSA) is 54.3 Å². The Labute approximate surface area is 126 Å². The Balaban J connectivity index is 2.30. The third-order valence-electron chi connectivity index (χ3n) is 2.70. The van der Waals surface area contributed by atoms with Gasteiger partial charge in [-0.1, -0.05) is 15.9 Å². The van der Waals surface area contributed by atoms with Gasteiger partial charge in [-0.3, -0.25) is 0 Å². The summed E-state index contributed by atoms with van der Waals surface area (Å²) in [5.74, 6) is 1.32. The number of anilines is 2. The summed E-state index contributed by atoms with van der Waals surface area (Å²) in [7, 11) is 3.19. The number of ether oxygens (including phenoxy) is 2. The first-order valence-electron chi connectivity index (χ1n) is 5.86. The largest absolute Gasteiger partial charge is 0.493 e. The number of methoxy groups -OCH3 is 2. The van der Waals surface area contributed by atoms with Crippen LogP contribution in [0.2, 0.25) is 0 Å². The van der Waals surface area contributed by atoms with Crippen LogP contribution in [0.4, 0.5) is 11.4 Å². The number of nitriles is 1. The molecule has 2 rings (SSSR count). The number of hydrogen-bond acceptors (Lipinski definition) is 4. The molecule has 0 saturated heterocycles. The quantitative estimate of drug-likeness (QED) is 0.916. The summed E-state index contributed by atoms with van der Waals surface area (Å²) >= 11 is 3.38. The molecule has 0 amide bonds. The minimum absolute atomic E-state index is 0.586. The molecule has 0 aliphatic rings. The summed E-state index contributed by atoms with van der Waals surface area (Å²) < 4.78 is 11.3. The van der Waals surface area contributed by atoms with Gasteiger partial charge in [-0.25, -0.2) is 0 Å². The predicted molar refractivity (Wildman–Crippen MR) is 81.7 cm³/mol. The minimum atomic E-state index is 0.586. The zero-order valence-corrected chi connectivity index (χ0v) is 12.7. The maximum atomic E-state index is 8.97. The van der Waals surface area contributed by atoms with Crippen molar-refractivity contribution in [3.8, 4) is 17.6 Å². The van der Waals surface area contributed by atoms with Crippen LogP contribution in [0, 0.1) is 11.3 Å². The van der Waals surface area contributed by atoms with E-state index in [1.165, 1.54) is 0 Å². The number of halogens is 1. The van der Waals surface area contributed by atoms with Crippen LogP contribution in [0.3, 0.4) is 0 Å². The number of benzene rings is 2. The highest BCUT2D eigenvalue weighted by Crippen LogP contribution is 2.31. The van der Waals surface area contributed by atoms with Crippen molar-refractivity contribution in [1.29, 1.82) is 5.26 Å². The second kappa shape index (κ2) is 6.31.